The molecule has 0 atom stereocenters. The van der Waals surface area contributed by atoms with Gasteiger partial charge in [-0.05, 0) is 37.5 Å². The van der Waals surface area contributed by atoms with Crippen molar-refractivity contribution in [1.29, 1.82) is 0 Å². The Hall–Kier alpha value is -2.17. The van der Waals surface area contributed by atoms with Crippen LogP contribution in [0.4, 0.5) is 0 Å². The van der Waals surface area contributed by atoms with E-state index in [0.29, 0.717) is 24.7 Å². The molecule has 21 heavy (non-hydrogen) atoms. The maximum absolute atomic E-state index is 12.4. The first kappa shape index (κ1) is 15.2. The van der Waals surface area contributed by atoms with Gasteiger partial charge in [-0.1, -0.05) is 13.8 Å². The lowest BCUT2D eigenvalue weighted by atomic mass is 10.1. The molecule has 0 aromatic carbocycles. The molecular formula is C16H21N3O2. The largest absolute Gasteiger partial charge is 0.352 e. The van der Waals surface area contributed by atoms with E-state index in [1.54, 1.807) is 18.3 Å². The van der Waals surface area contributed by atoms with E-state index in [1.807, 2.05) is 13.0 Å². The summed E-state index contributed by atoms with van der Waals surface area (Å²) in [6.45, 7) is 7.12. The van der Waals surface area contributed by atoms with E-state index in [-0.39, 0.29) is 17.0 Å². The van der Waals surface area contributed by atoms with Gasteiger partial charge < -0.3 is 5.32 Å². The number of pyridine rings is 2. The monoisotopic (exact) mass is 287 g/mol. The number of nitrogens with zero attached hydrogens (tertiary/aromatic N) is 2. The third kappa shape index (κ3) is 3.29. The van der Waals surface area contributed by atoms with Crippen LogP contribution in [-0.4, -0.2) is 22.0 Å². The Morgan fingerprint density at radius 1 is 1.43 bits per heavy atom. The van der Waals surface area contributed by atoms with Crippen LogP contribution in [0.3, 0.4) is 0 Å². The first-order valence-electron chi connectivity index (χ1n) is 7.31. The minimum absolute atomic E-state index is 0.182. The van der Waals surface area contributed by atoms with Crippen LogP contribution in [0, 0.1) is 5.92 Å². The Balaban J connectivity index is 2.38. The number of carbonyl (C=O) groups is 1. The molecule has 2 rings (SSSR count). The van der Waals surface area contributed by atoms with Crippen LogP contribution >= 0.6 is 0 Å². The zero-order chi connectivity index (χ0) is 15.4. The molecule has 5 heteroatoms. The van der Waals surface area contributed by atoms with E-state index in [2.05, 4.69) is 24.1 Å². The van der Waals surface area contributed by atoms with Gasteiger partial charge in [0.15, 0.2) is 0 Å². The summed E-state index contributed by atoms with van der Waals surface area (Å²) in [4.78, 5) is 28.9. The van der Waals surface area contributed by atoms with Crippen LogP contribution in [-0.2, 0) is 6.54 Å². The van der Waals surface area contributed by atoms with Crippen LogP contribution in [0.25, 0.3) is 11.0 Å². The zero-order valence-corrected chi connectivity index (χ0v) is 12.7. The Bertz CT molecular complexity index is 704. The average Bonchev–Trinajstić information content (AvgIpc) is 2.46. The number of fused-ring (bicyclic) bond motifs is 1. The average molecular weight is 287 g/mol. The second kappa shape index (κ2) is 6.52. The second-order valence-corrected chi connectivity index (χ2v) is 5.46. The maximum Gasteiger partial charge on any atom is 0.265 e. The van der Waals surface area contributed by atoms with Gasteiger partial charge in [-0.25, -0.2) is 4.98 Å². The van der Waals surface area contributed by atoms with Gasteiger partial charge in [-0.3, -0.25) is 14.2 Å². The highest BCUT2D eigenvalue weighted by molar-refractivity contribution is 5.96. The number of nitrogens with one attached hydrogen (secondary N) is 1. The quantitative estimate of drug-likeness (QED) is 0.917. The van der Waals surface area contributed by atoms with E-state index >= 15 is 0 Å². The minimum atomic E-state index is -0.311. The Morgan fingerprint density at radius 2 is 2.19 bits per heavy atom. The first-order chi connectivity index (χ1) is 10.0. The smallest absolute Gasteiger partial charge is 0.265 e. The molecule has 1 N–H and O–H groups in total. The van der Waals surface area contributed by atoms with E-state index < -0.39 is 0 Å². The van der Waals surface area contributed by atoms with Crippen LogP contribution in [0.5, 0.6) is 0 Å². The van der Waals surface area contributed by atoms with Gasteiger partial charge in [0.05, 0.1) is 0 Å². The Morgan fingerprint density at radius 3 is 2.86 bits per heavy atom. The fourth-order valence-corrected chi connectivity index (χ4v) is 2.23. The number of amides is 1. The Kier molecular flexibility index (Phi) is 4.73. The fraction of sp³-hybridized carbons (Fsp3) is 0.438. The zero-order valence-electron chi connectivity index (χ0n) is 12.7. The molecule has 1 amide bonds. The molecule has 2 aromatic heterocycles. The number of hydrogen-bond acceptors (Lipinski definition) is 3. The van der Waals surface area contributed by atoms with E-state index in [9.17, 15) is 9.59 Å². The fourth-order valence-electron chi connectivity index (χ4n) is 2.23. The van der Waals surface area contributed by atoms with Crippen molar-refractivity contribution in [3.8, 4) is 0 Å². The molecule has 0 bridgehead atoms. The highest BCUT2D eigenvalue weighted by Crippen LogP contribution is 2.10. The number of rotatable bonds is 5. The van der Waals surface area contributed by atoms with Crippen molar-refractivity contribution < 1.29 is 4.79 Å². The van der Waals surface area contributed by atoms with E-state index in [1.165, 1.54) is 4.57 Å². The summed E-state index contributed by atoms with van der Waals surface area (Å²) in [5.74, 6) is 0.201. The number of aromatic nitrogens is 2. The van der Waals surface area contributed by atoms with Gasteiger partial charge >= 0.3 is 0 Å². The topological polar surface area (TPSA) is 64.0 Å². The predicted molar refractivity (Wildman–Crippen MR) is 83.5 cm³/mol. The molecule has 2 aromatic rings. The molecule has 0 aliphatic rings. The molecule has 112 valence electrons. The predicted octanol–water partition coefficient (Wildman–Crippen LogP) is 2.19. The minimum Gasteiger partial charge on any atom is -0.352 e. The standard InChI is InChI=1S/C16H21N3O2/c1-4-19-14-12(6-5-8-17-14)10-13(16(19)21)15(20)18-9-7-11(2)3/h5-6,8,10-11H,4,7,9H2,1-3H3,(H,18,20). The second-order valence-electron chi connectivity index (χ2n) is 5.46. The van der Waals surface area contributed by atoms with Crippen LogP contribution in [0.15, 0.2) is 29.2 Å². The molecule has 0 saturated heterocycles. The molecule has 0 radical (unpaired) electrons. The molecule has 5 nitrogen and oxygen atoms in total. The maximum atomic E-state index is 12.4. The molecular weight excluding hydrogens is 266 g/mol. The lowest BCUT2D eigenvalue weighted by Gasteiger charge is -2.11. The summed E-state index contributed by atoms with van der Waals surface area (Å²) < 4.78 is 1.53. The van der Waals surface area contributed by atoms with Crippen molar-refractivity contribution in [3.05, 3.63) is 40.3 Å². The summed E-state index contributed by atoms with van der Waals surface area (Å²) in [5.41, 5.74) is 0.510. The van der Waals surface area contributed by atoms with Crippen molar-refractivity contribution in [2.75, 3.05) is 6.54 Å². The lowest BCUT2D eigenvalue weighted by Crippen LogP contribution is -2.34. The van der Waals surface area contributed by atoms with Crippen LogP contribution < -0.4 is 10.9 Å². The van der Waals surface area contributed by atoms with Crippen molar-refractivity contribution >= 4 is 16.9 Å². The van der Waals surface area contributed by atoms with Crippen molar-refractivity contribution in [3.63, 3.8) is 0 Å². The number of carbonyl (C=O) groups excluding carboxylic acids is 1. The van der Waals surface area contributed by atoms with Gasteiger partial charge in [0, 0.05) is 24.7 Å². The summed E-state index contributed by atoms with van der Waals surface area (Å²) in [6, 6.07) is 5.29. The number of hydrogen-bond donors (Lipinski definition) is 1. The molecule has 0 spiro atoms. The lowest BCUT2D eigenvalue weighted by molar-refractivity contribution is 0.0950. The first-order valence-corrected chi connectivity index (χ1v) is 7.31. The van der Waals surface area contributed by atoms with Gasteiger partial charge in [0.25, 0.3) is 11.5 Å². The van der Waals surface area contributed by atoms with Crippen molar-refractivity contribution in [1.82, 2.24) is 14.9 Å². The summed E-state index contributed by atoms with van der Waals surface area (Å²) >= 11 is 0. The van der Waals surface area contributed by atoms with Crippen LogP contribution in [0.2, 0.25) is 0 Å². The van der Waals surface area contributed by atoms with Gasteiger partial charge in [-0.15, -0.1) is 0 Å². The molecule has 0 aliphatic carbocycles. The molecule has 0 unspecified atom stereocenters. The molecule has 0 saturated carbocycles. The van der Waals surface area contributed by atoms with E-state index in [0.717, 1.165) is 11.8 Å². The third-order valence-electron chi connectivity index (χ3n) is 3.42. The highest BCUT2D eigenvalue weighted by atomic mass is 16.2. The summed E-state index contributed by atoms with van der Waals surface area (Å²) in [6.07, 6.45) is 2.54. The number of aryl methyl sites for hydroxylation is 1. The summed E-state index contributed by atoms with van der Waals surface area (Å²) in [7, 11) is 0. The molecule has 0 fully saturated rings. The van der Waals surface area contributed by atoms with Gasteiger partial charge in [-0.2, -0.15) is 0 Å². The van der Waals surface area contributed by atoms with Crippen molar-refractivity contribution in [2.45, 2.75) is 33.7 Å². The molecule has 0 aliphatic heterocycles. The summed E-state index contributed by atoms with van der Waals surface area (Å²) in [5, 5.41) is 3.61. The van der Waals surface area contributed by atoms with Gasteiger partial charge in [0.2, 0.25) is 0 Å². The SMILES string of the molecule is CCn1c(=O)c(C(=O)NCCC(C)C)cc2cccnc21. The molecule has 2 heterocycles. The van der Waals surface area contributed by atoms with Crippen LogP contribution in [0.1, 0.15) is 37.6 Å². The van der Waals surface area contributed by atoms with E-state index in [4.69, 9.17) is 0 Å². The van der Waals surface area contributed by atoms with Crippen molar-refractivity contribution in [2.24, 2.45) is 5.92 Å². The van der Waals surface area contributed by atoms with Gasteiger partial charge in [0.1, 0.15) is 11.2 Å². The third-order valence-corrected chi connectivity index (χ3v) is 3.42. The Labute approximate surface area is 124 Å². The normalized spacial score (nSPS) is 11.0. The highest BCUT2D eigenvalue weighted by Gasteiger charge is 2.15.